The fourth-order valence-electron chi connectivity index (χ4n) is 0.736. The van der Waals surface area contributed by atoms with Crippen molar-refractivity contribution in [3.8, 4) is 0 Å². The minimum Gasteiger partial charge on any atom is -0.422 e. The number of nitrogens with one attached hydrogen (secondary N) is 2. The smallest absolute Gasteiger partial charge is 0.293 e. The topological polar surface area (TPSA) is 57.5 Å². The fourth-order valence-corrected chi connectivity index (χ4v) is 0.736. The van der Waals surface area contributed by atoms with Gasteiger partial charge in [0.2, 0.25) is 0 Å². The van der Waals surface area contributed by atoms with Crippen LogP contribution in [0.4, 0.5) is 0 Å². The quantitative estimate of drug-likeness (QED) is 0.587. The van der Waals surface area contributed by atoms with E-state index in [0.29, 0.717) is 11.6 Å². The van der Waals surface area contributed by atoms with E-state index in [1.165, 1.54) is 6.20 Å². The van der Waals surface area contributed by atoms with Crippen molar-refractivity contribution in [2.24, 2.45) is 4.99 Å². The van der Waals surface area contributed by atoms with Crippen molar-refractivity contribution in [2.45, 2.75) is 6.92 Å². The normalized spacial score (nSPS) is 23.5. The van der Waals surface area contributed by atoms with E-state index in [2.05, 4.69) is 16.9 Å². The maximum Gasteiger partial charge on any atom is 0.293 e. The molecule has 0 saturated carbocycles. The van der Waals surface area contributed by atoms with E-state index in [1.54, 1.807) is 6.08 Å². The van der Waals surface area contributed by atoms with E-state index in [-0.39, 0.29) is 6.02 Å². The molecule has 0 radical (unpaired) electrons. The summed E-state index contributed by atoms with van der Waals surface area (Å²) in [6, 6.07) is -0.00120. The molecular weight excluding hydrogens is 142 g/mol. The van der Waals surface area contributed by atoms with Gasteiger partial charge in [0.15, 0.2) is 11.6 Å². The number of nitrogens with zero attached hydrogens (tertiary/aromatic N) is 1. The molecule has 1 aliphatic rings. The van der Waals surface area contributed by atoms with Crippen molar-refractivity contribution in [2.75, 3.05) is 0 Å². The zero-order valence-corrected chi connectivity index (χ0v) is 6.22. The summed E-state index contributed by atoms with van der Waals surface area (Å²) in [6.07, 6.45) is 3.13. The first-order valence-electron chi connectivity index (χ1n) is 3.16. The Morgan fingerprint density at radius 1 is 1.73 bits per heavy atom. The highest BCUT2D eigenvalue weighted by Gasteiger charge is 2.19. The Hall–Kier alpha value is -1.58. The van der Waals surface area contributed by atoms with Gasteiger partial charge in [0, 0.05) is 6.20 Å². The van der Waals surface area contributed by atoms with Crippen LogP contribution in [0.15, 0.2) is 29.6 Å². The Bertz CT molecular complexity index is 252. The van der Waals surface area contributed by atoms with Crippen LogP contribution in [0.1, 0.15) is 6.92 Å². The number of ether oxygens (including phenoxy) is 1. The highest BCUT2D eigenvalue weighted by atomic mass is 16.5. The summed E-state index contributed by atoms with van der Waals surface area (Å²) >= 11 is 0. The zero-order valence-electron chi connectivity index (χ0n) is 6.22. The molecule has 1 saturated heterocycles. The minimum atomic E-state index is -0.00120. The molecule has 0 unspecified atom stereocenters. The molecule has 0 spiro atoms. The van der Waals surface area contributed by atoms with E-state index in [0.717, 1.165) is 0 Å². The molecule has 1 fully saturated rings. The summed E-state index contributed by atoms with van der Waals surface area (Å²) in [6.45, 7) is 5.25. The molecule has 0 atom stereocenters. The third-order valence-corrected chi connectivity index (χ3v) is 1.16. The molecule has 0 aromatic carbocycles. The lowest BCUT2D eigenvalue weighted by atomic mass is 10.4. The van der Waals surface area contributed by atoms with Crippen molar-refractivity contribution in [1.29, 1.82) is 5.41 Å². The number of aliphatic imine (C=N–C) groups is 1. The van der Waals surface area contributed by atoms with Gasteiger partial charge in [-0.2, -0.15) is 0 Å². The average molecular weight is 151 g/mol. The molecule has 1 rings (SSSR count). The van der Waals surface area contributed by atoms with E-state index in [9.17, 15) is 0 Å². The molecule has 0 aliphatic carbocycles. The zero-order chi connectivity index (χ0) is 8.27. The predicted octanol–water partition coefficient (Wildman–Crippen LogP) is 0.987. The lowest BCUT2D eigenvalue weighted by Gasteiger charge is -1.90. The van der Waals surface area contributed by atoms with Gasteiger partial charge in [-0.05, 0) is 13.0 Å². The van der Waals surface area contributed by atoms with Crippen molar-refractivity contribution < 1.29 is 4.74 Å². The van der Waals surface area contributed by atoms with Crippen LogP contribution in [0.5, 0.6) is 0 Å². The number of hydrogen-bond acceptors (Lipinski definition) is 3. The molecule has 58 valence electrons. The van der Waals surface area contributed by atoms with Crippen molar-refractivity contribution in [1.82, 2.24) is 5.32 Å². The Kier molecular flexibility index (Phi) is 2.06. The summed E-state index contributed by atoms with van der Waals surface area (Å²) in [4.78, 5) is 3.86. The van der Waals surface area contributed by atoms with Gasteiger partial charge in [-0.1, -0.05) is 6.58 Å². The van der Waals surface area contributed by atoms with Gasteiger partial charge in [0.1, 0.15) is 0 Å². The molecular formula is C7H9N3O. The Labute approximate surface area is 64.8 Å². The molecule has 1 heterocycles. The van der Waals surface area contributed by atoms with Crippen LogP contribution in [0.25, 0.3) is 0 Å². The molecule has 11 heavy (non-hydrogen) atoms. The highest BCUT2D eigenvalue weighted by Crippen LogP contribution is 2.06. The van der Waals surface area contributed by atoms with Crippen molar-refractivity contribution in [3.63, 3.8) is 0 Å². The van der Waals surface area contributed by atoms with E-state index >= 15 is 0 Å². The van der Waals surface area contributed by atoms with Gasteiger partial charge < -0.3 is 4.74 Å². The van der Waals surface area contributed by atoms with Crippen LogP contribution in [-0.4, -0.2) is 11.9 Å². The lowest BCUT2D eigenvalue weighted by molar-refractivity contribution is 0.449. The first-order valence-corrected chi connectivity index (χ1v) is 3.16. The maximum absolute atomic E-state index is 7.10. The van der Waals surface area contributed by atoms with Crippen LogP contribution < -0.4 is 5.32 Å². The lowest BCUT2D eigenvalue weighted by Crippen LogP contribution is -2.19. The predicted molar refractivity (Wildman–Crippen MR) is 43.3 cm³/mol. The van der Waals surface area contributed by atoms with Crippen LogP contribution >= 0.6 is 0 Å². The number of hydrogen-bond donors (Lipinski definition) is 2. The molecule has 0 aromatic rings. The van der Waals surface area contributed by atoms with Crippen molar-refractivity contribution >= 4 is 11.9 Å². The van der Waals surface area contributed by atoms with Crippen LogP contribution in [0.3, 0.4) is 0 Å². The van der Waals surface area contributed by atoms with E-state index in [4.69, 9.17) is 10.1 Å². The first-order chi connectivity index (χ1) is 5.27. The molecule has 0 aromatic heterocycles. The van der Waals surface area contributed by atoms with E-state index < -0.39 is 0 Å². The second-order valence-electron chi connectivity index (χ2n) is 1.87. The third kappa shape index (κ3) is 1.46. The largest absolute Gasteiger partial charge is 0.422 e. The maximum atomic E-state index is 7.10. The molecule has 4 heteroatoms. The van der Waals surface area contributed by atoms with Crippen LogP contribution in [-0.2, 0) is 4.74 Å². The molecule has 0 amide bonds. The average Bonchev–Trinajstić information content (AvgIpc) is 2.32. The molecule has 2 N–H and O–H groups in total. The number of allylic oxidation sites excluding steroid dienone is 1. The summed E-state index contributed by atoms with van der Waals surface area (Å²) in [5.74, 6) is 1.10. The molecule has 4 nitrogen and oxygen atoms in total. The fraction of sp³-hybridized carbons (Fsp3) is 0.143. The standard InChI is InChI=1S/C7H9N3O/c1-3-5-6(9-4-2)10-7(8)11-5/h3-4H,2H2,1H3,(H2,8,9,10)/b5-3+. The SMILES string of the molecule is C=CN=C1NC(=N)O/C1=C/C. The van der Waals surface area contributed by atoms with Crippen LogP contribution in [0, 0.1) is 5.41 Å². The molecule has 1 aliphatic heterocycles. The summed E-state index contributed by atoms with van der Waals surface area (Å²) in [5.41, 5.74) is 0. The van der Waals surface area contributed by atoms with Gasteiger partial charge in [-0.3, -0.25) is 10.7 Å². The summed E-state index contributed by atoms with van der Waals surface area (Å²) in [7, 11) is 0. The Morgan fingerprint density at radius 2 is 2.45 bits per heavy atom. The number of amidine groups is 2. The monoisotopic (exact) mass is 151 g/mol. The molecule has 0 bridgehead atoms. The first kappa shape index (κ1) is 7.53. The number of rotatable bonds is 1. The van der Waals surface area contributed by atoms with Gasteiger partial charge in [-0.25, -0.2) is 4.99 Å². The summed E-state index contributed by atoms with van der Waals surface area (Å²) in [5, 5.41) is 9.73. The third-order valence-electron chi connectivity index (χ3n) is 1.16. The van der Waals surface area contributed by atoms with Gasteiger partial charge in [-0.15, -0.1) is 0 Å². The second kappa shape index (κ2) is 3.01. The minimum absolute atomic E-state index is 0.00120. The van der Waals surface area contributed by atoms with Gasteiger partial charge >= 0.3 is 0 Å². The Morgan fingerprint density at radius 3 is 3.00 bits per heavy atom. The van der Waals surface area contributed by atoms with Crippen molar-refractivity contribution in [3.05, 3.63) is 24.6 Å². The van der Waals surface area contributed by atoms with E-state index in [1.807, 2.05) is 6.92 Å². The summed E-state index contributed by atoms with van der Waals surface area (Å²) < 4.78 is 4.93. The highest BCUT2D eigenvalue weighted by molar-refractivity contribution is 6.11. The van der Waals surface area contributed by atoms with Gasteiger partial charge in [0.25, 0.3) is 6.02 Å². The second-order valence-corrected chi connectivity index (χ2v) is 1.87. The van der Waals surface area contributed by atoms with Crippen LogP contribution in [0.2, 0.25) is 0 Å². The Balaban J connectivity index is 2.89. The van der Waals surface area contributed by atoms with Gasteiger partial charge in [0.05, 0.1) is 0 Å².